The van der Waals surface area contributed by atoms with Crippen LogP contribution in [0.3, 0.4) is 0 Å². The molecule has 0 saturated heterocycles. The van der Waals surface area contributed by atoms with Gasteiger partial charge in [0, 0.05) is 12.6 Å². The fourth-order valence-electron chi connectivity index (χ4n) is 2.30. The highest BCUT2D eigenvalue weighted by molar-refractivity contribution is 5.77. The van der Waals surface area contributed by atoms with E-state index < -0.39 is 12.0 Å². The summed E-state index contributed by atoms with van der Waals surface area (Å²) in [7, 11) is 0. The van der Waals surface area contributed by atoms with Crippen molar-refractivity contribution in [2.45, 2.75) is 38.3 Å². The lowest BCUT2D eigenvalue weighted by atomic mass is 10.0. The van der Waals surface area contributed by atoms with E-state index in [4.69, 9.17) is 5.11 Å². The molecule has 0 spiro atoms. The van der Waals surface area contributed by atoms with Crippen LogP contribution in [0.5, 0.6) is 0 Å². The molecule has 2 amide bonds. The number of amides is 2. The maximum absolute atomic E-state index is 12.2. The highest BCUT2D eigenvalue weighted by Crippen LogP contribution is 2.27. The Morgan fingerprint density at radius 1 is 1.35 bits per heavy atom. The largest absolute Gasteiger partial charge is 0.481 e. The Hall–Kier alpha value is -2.04. The number of carboxylic acid groups (broad SMARTS) is 1. The van der Waals surface area contributed by atoms with Crippen molar-refractivity contribution in [2.75, 3.05) is 6.54 Å². The molecule has 0 radical (unpaired) electrons. The number of nitrogens with one attached hydrogen (secondary N) is 1. The summed E-state index contributed by atoms with van der Waals surface area (Å²) in [5.41, 5.74) is 0.815. The molecule has 1 aliphatic rings. The van der Waals surface area contributed by atoms with Crippen LogP contribution in [-0.4, -0.2) is 34.6 Å². The second-order valence-corrected chi connectivity index (χ2v) is 5.03. The number of benzene rings is 1. The van der Waals surface area contributed by atoms with Crippen molar-refractivity contribution >= 4 is 12.0 Å². The topological polar surface area (TPSA) is 69.6 Å². The fourth-order valence-corrected chi connectivity index (χ4v) is 2.30. The molecule has 1 atom stereocenters. The number of hydrogen-bond donors (Lipinski definition) is 2. The van der Waals surface area contributed by atoms with Gasteiger partial charge in [-0.2, -0.15) is 0 Å². The van der Waals surface area contributed by atoms with Gasteiger partial charge in [0.2, 0.25) is 0 Å². The Balaban J connectivity index is 2.07. The maximum atomic E-state index is 12.2. The molecule has 1 aromatic rings. The molecule has 0 bridgehead atoms. The number of nitrogens with zero attached hydrogens (tertiary/aromatic N) is 1. The maximum Gasteiger partial charge on any atom is 0.318 e. The first-order valence-electron chi connectivity index (χ1n) is 6.95. The van der Waals surface area contributed by atoms with Gasteiger partial charge in [-0.05, 0) is 25.3 Å². The SMILES string of the molecule is CCN(C(=O)NC(CC(=O)O)c1ccccc1)C1CC1. The Labute approximate surface area is 118 Å². The lowest BCUT2D eigenvalue weighted by molar-refractivity contribution is -0.137. The van der Waals surface area contributed by atoms with Gasteiger partial charge in [-0.1, -0.05) is 30.3 Å². The van der Waals surface area contributed by atoms with Crippen molar-refractivity contribution in [3.63, 3.8) is 0 Å². The first kappa shape index (κ1) is 14.4. The van der Waals surface area contributed by atoms with Crippen LogP contribution in [0.4, 0.5) is 4.79 Å². The van der Waals surface area contributed by atoms with E-state index in [2.05, 4.69) is 5.32 Å². The average Bonchev–Trinajstić information content (AvgIpc) is 3.24. The molecule has 1 aromatic carbocycles. The van der Waals surface area contributed by atoms with Crippen LogP contribution in [0.1, 0.15) is 37.8 Å². The van der Waals surface area contributed by atoms with Gasteiger partial charge in [-0.15, -0.1) is 0 Å². The predicted octanol–water partition coefficient (Wildman–Crippen LogP) is 2.40. The number of rotatable bonds is 6. The van der Waals surface area contributed by atoms with Gasteiger partial charge in [0.1, 0.15) is 0 Å². The molecule has 1 unspecified atom stereocenters. The summed E-state index contributed by atoms with van der Waals surface area (Å²) >= 11 is 0. The number of carbonyl (C=O) groups excluding carboxylic acids is 1. The van der Waals surface area contributed by atoms with Crippen LogP contribution in [-0.2, 0) is 4.79 Å². The second-order valence-electron chi connectivity index (χ2n) is 5.03. The third kappa shape index (κ3) is 3.73. The van der Waals surface area contributed by atoms with Crippen LogP contribution in [0.25, 0.3) is 0 Å². The molecule has 0 aliphatic heterocycles. The average molecular weight is 276 g/mol. The van der Waals surface area contributed by atoms with E-state index in [9.17, 15) is 9.59 Å². The number of urea groups is 1. The zero-order valence-electron chi connectivity index (χ0n) is 11.6. The molecule has 2 N–H and O–H groups in total. The third-order valence-electron chi connectivity index (χ3n) is 3.47. The van der Waals surface area contributed by atoms with E-state index in [1.807, 2.05) is 37.3 Å². The first-order valence-corrected chi connectivity index (χ1v) is 6.95. The van der Waals surface area contributed by atoms with Crippen molar-refractivity contribution in [1.82, 2.24) is 10.2 Å². The van der Waals surface area contributed by atoms with Gasteiger partial charge in [0.15, 0.2) is 0 Å². The Bertz CT molecular complexity index is 471. The number of hydrogen-bond acceptors (Lipinski definition) is 2. The number of carboxylic acids is 1. The Morgan fingerprint density at radius 3 is 2.50 bits per heavy atom. The summed E-state index contributed by atoms with van der Waals surface area (Å²) in [6, 6.07) is 8.87. The molecule has 5 nitrogen and oxygen atoms in total. The van der Waals surface area contributed by atoms with Crippen molar-refractivity contribution in [3.05, 3.63) is 35.9 Å². The van der Waals surface area contributed by atoms with Crippen LogP contribution >= 0.6 is 0 Å². The zero-order valence-corrected chi connectivity index (χ0v) is 11.6. The third-order valence-corrected chi connectivity index (χ3v) is 3.47. The molecule has 0 aromatic heterocycles. The molecule has 108 valence electrons. The second kappa shape index (κ2) is 6.41. The summed E-state index contributed by atoms with van der Waals surface area (Å²) in [4.78, 5) is 25.0. The van der Waals surface area contributed by atoms with Crippen molar-refractivity contribution in [2.24, 2.45) is 0 Å². The lowest BCUT2D eigenvalue weighted by Gasteiger charge is -2.25. The predicted molar refractivity (Wildman–Crippen MR) is 75.4 cm³/mol. The van der Waals surface area contributed by atoms with Gasteiger partial charge in [-0.25, -0.2) is 4.79 Å². The Kier molecular flexibility index (Phi) is 4.61. The number of carbonyl (C=O) groups is 2. The van der Waals surface area contributed by atoms with Gasteiger partial charge in [0.05, 0.1) is 12.5 Å². The fraction of sp³-hybridized carbons (Fsp3) is 0.467. The molecular weight excluding hydrogens is 256 g/mol. The lowest BCUT2D eigenvalue weighted by Crippen LogP contribution is -2.43. The first-order chi connectivity index (χ1) is 9.61. The molecule has 0 heterocycles. The smallest absolute Gasteiger partial charge is 0.318 e. The van der Waals surface area contributed by atoms with E-state index in [1.54, 1.807) is 4.90 Å². The summed E-state index contributed by atoms with van der Waals surface area (Å²) in [5, 5.41) is 11.9. The van der Waals surface area contributed by atoms with Gasteiger partial charge >= 0.3 is 12.0 Å². The van der Waals surface area contributed by atoms with Gasteiger partial charge in [0.25, 0.3) is 0 Å². The van der Waals surface area contributed by atoms with E-state index in [0.717, 1.165) is 18.4 Å². The quantitative estimate of drug-likeness (QED) is 0.838. The molecule has 1 fully saturated rings. The van der Waals surface area contributed by atoms with E-state index in [-0.39, 0.29) is 12.5 Å². The van der Waals surface area contributed by atoms with Crippen molar-refractivity contribution in [1.29, 1.82) is 0 Å². The van der Waals surface area contributed by atoms with Gasteiger partial charge < -0.3 is 15.3 Å². The Morgan fingerprint density at radius 2 is 2.00 bits per heavy atom. The van der Waals surface area contributed by atoms with Crippen LogP contribution < -0.4 is 5.32 Å². The molecule has 5 heteroatoms. The molecular formula is C15H20N2O3. The molecule has 1 aliphatic carbocycles. The van der Waals surface area contributed by atoms with E-state index in [0.29, 0.717) is 12.6 Å². The van der Waals surface area contributed by atoms with E-state index in [1.165, 1.54) is 0 Å². The van der Waals surface area contributed by atoms with Crippen LogP contribution in [0, 0.1) is 0 Å². The molecule has 1 saturated carbocycles. The summed E-state index contributed by atoms with van der Waals surface area (Å²) < 4.78 is 0. The highest BCUT2D eigenvalue weighted by atomic mass is 16.4. The van der Waals surface area contributed by atoms with Crippen LogP contribution in [0.15, 0.2) is 30.3 Å². The normalized spacial score (nSPS) is 15.4. The summed E-state index contributed by atoms with van der Waals surface area (Å²) in [6.07, 6.45) is 1.96. The zero-order chi connectivity index (χ0) is 14.5. The number of aliphatic carboxylic acids is 1. The summed E-state index contributed by atoms with van der Waals surface area (Å²) in [6.45, 7) is 2.58. The van der Waals surface area contributed by atoms with Crippen LogP contribution in [0.2, 0.25) is 0 Å². The molecule has 2 rings (SSSR count). The highest BCUT2D eigenvalue weighted by Gasteiger charge is 2.32. The minimum Gasteiger partial charge on any atom is -0.481 e. The standard InChI is InChI=1S/C15H20N2O3/c1-2-17(12-8-9-12)15(20)16-13(10-14(18)19)11-6-4-3-5-7-11/h3-7,12-13H,2,8-10H2,1H3,(H,16,20)(H,18,19). The summed E-state index contributed by atoms with van der Waals surface area (Å²) in [5.74, 6) is -0.923. The van der Waals surface area contributed by atoms with Crippen molar-refractivity contribution < 1.29 is 14.7 Å². The van der Waals surface area contributed by atoms with E-state index >= 15 is 0 Å². The van der Waals surface area contributed by atoms with Gasteiger partial charge in [-0.3, -0.25) is 4.79 Å². The minimum atomic E-state index is -0.923. The monoisotopic (exact) mass is 276 g/mol. The van der Waals surface area contributed by atoms with Crippen molar-refractivity contribution in [3.8, 4) is 0 Å². The minimum absolute atomic E-state index is 0.113. The molecule has 20 heavy (non-hydrogen) atoms.